The third-order valence-corrected chi connectivity index (χ3v) is 8.00. The molecule has 5 rings (SSSR count). The molecular formula is C24H22BrF2N5OS. The number of hydrogen-bond acceptors (Lipinski definition) is 4. The highest BCUT2D eigenvalue weighted by molar-refractivity contribution is 9.10. The Morgan fingerprint density at radius 3 is 2.65 bits per heavy atom. The maximum Gasteiger partial charge on any atom is 0.153 e. The summed E-state index contributed by atoms with van der Waals surface area (Å²) in [5.74, 6) is -1.02. The summed E-state index contributed by atoms with van der Waals surface area (Å²) in [5, 5.41) is 0.811. The second-order valence-electron chi connectivity index (χ2n) is 8.44. The molecule has 176 valence electrons. The Balaban J connectivity index is 1.50. The van der Waals surface area contributed by atoms with Crippen molar-refractivity contribution in [2.75, 3.05) is 10.5 Å². The molecule has 10 heteroatoms. The SMILES string of the molecule is Cc1cc(-c2cn(C3CCCC3)c3ncnc(N)c23)ccc1NS(=O)c1cc(F)c(Br)cc1F. The fourth-order valence-electron chi connectivity index (χ4n) is 4.53. The Bertz CT molecular complexity index is 1430. The van der Waals surface area contributed by atoms with Gasteiger partial charge in [-0.05, 0) is 71.1 Å². The van der Waals surface area contributed by atoms with Gasteiger partial charge in [0.05, 0.1) is 14.8 Å². The van der Waals surface area contributed by atoms with E-state index in [0.29, 0.717) is 17.5 Å². The van der Waals surface area contributed by atoms with Gasteiger partial charge in [0.25, 0.3) is 0 Å². The van der Waals surface area contributed by atoms with E-state index in [1.54, 1.807) is 6.07 Å². The van der Waals surface area contributed by atoms with Gasteiger partial charge in [0.15, 0.2) is 11.0 Å². The molecule has 1 unspecified atom stereocenters. The van der Waals surface area contributed by atoms with Gasteiger partial charge < -0.3 is 15.0 Å². The summed E-state index contributed by atoms with van der Waals surface area (Å²) in [6.45, 7) is 1.86. The largest absolute Gasteiger partial charge is 0.383 e. The van der Waals surface area contributed by atoms with Crippen LogP contribution in [-0.4, -0.2) is 18.7 Å². The molecule has 2 aromatic heterocycles. The Hall–Kier alpha value is -2.85. The van der Waals surface area contributed by atoms with Gasteiger partial charge in [-0.2, -0.15) is 0 Å². The van der Waals surface area contributed by atoms with Crippen molar-refractivity contribution in [2.24, 2.45) is 0 Å². The molecule has 0 radical (unpaired) electrons. The molecule has 0 bridgehead atoms. The van der Waals surface area contributed by atoms with Crippen LogP contribution in [0.2, 0.25) is 0 Å². The summed E-state index contributed by atoms with van der Waals surface area (Å²) in [6.07, 6.45) is 8.18. The lowest BCUT2D eigenvalue weighted by Crippen LogP contribution is -2.08. The average Bonchev–Trinajstić information content (AvgIpc) is 3.46. The van der Waals surface area contributed by atoms with Gasteiger partial charge in [-0.25, -0.2) is 23.0 Å². The smallest absolute Gasteiger partial charge is 0.153 e. The predicted molar refractivity (Wildman–Crippen MR) is 134 cm³/mol. The fraction of sp³-hybridized carbons (Fsp3) is 0.250. The van der Waals surface area contributed by atoms with E-state index in [0.717, 1.165) is 52.7 Å². The van der Waals surface area contributed by atoms with Crippen LogP contribution in [0.25, 0.3) is 22.2 Å². The minimum absolute atomic E-state index is 0.0219. The number of aromatic nitrogens is 3. The van der Waals surface area contributed by atoms with Crippen LogP contribution >= 0.6 is 15.9 Å². The summed E-state index contributed by atoms with van der Waals surface area (Å²) in [4.78, 5) is 8.46. The van der Waals surface area contributed by atoms with Crippen LogP contribution in [0.5, 0.6) is 0 Å². The summed E-state index contributed by atoms with van der Waals surface area (Å²) >= 11 is 2.93. The third-order valence-electron chi connectivity index (χ3n) is 6.27. The molecular weight excluding hydrogens is 524 g/mol. The molecule has 1 atom stereocenters. The lowest BCUT2D eigenvalue weighted by Gasteiger charge is -2.12. The van der Waals surface area contributed by atoms with E-state index < -0.39 is 22.6 Å². The van der Waals surface area contributed by atoms with Crippen LogP contribution in [0, 0.1) is 18.6 Å². The van der Waals surface area contributed by atoms with Crippen LogP contribution in [0.1, 0.15) is 37.3 Å². The van der Waals surface area contributed by atoms with Crippen LogP contribution in [0.4, 0.5) is 20.3 Å². The monoisotopic (exact) mass is 545 g/mol. The highest BCUT2D eigenvalue weighted by Gasteiger charge is 2.23. The standard InChI is InChI=1S/C24H22BrF2N5OS/c1-13-8-14(6-7-20(13)31-34(33)21-10-18(26)17(25)9-19(21)27)16-11-32(15-4-2-3-5-15)24-22(16)23(28)29-12-30-24/h6-12,15,31H,2-5H2,1H3,(H2,28,29,30). The van der Waals surface area contributed by atoms with Gasteiger partial charge >= 0.3 is 0 Å². The number of anilines is 2. The number of hydrogen-bond donors (Lipinski definition) is 2. The van der Waals surface area contributed by atoms with Crippen molar-refractivity contribution < 1.29 is 13.0 Å². The highest BCUT2D eigenvalue weighted by atomic mass is 79.9. The van der Waals surface area contributed by atoms with E-state index in [2.05, 4.69) is 41.4 Å². The number of nitrogens with two attached hydrogens (primary N) is 1. The van der Waals surface area contributed by atoms with Crippen LogP contribution < -0.4 is 10.5 Å². The maximum absolute atomic E-state index is 14.2. The van der Waals surface area contributed by atoms with Crippen LogP contribution in [0.15, 0.2) is 52.2 Å². The minimum Gasteiger partial charge on any atom is -0.383 e. The van der Waals surface area contributed by atoms with E-state index in [-0.39, 0.29) is 9.37 Å². The van der Waals surface area contributed by atoms with Gasteiger partial charge in [-0.3, -0.25) is 0 Å². The highest BCUT2D eigenvalue weighted by Crippen LogP contribution is 2.39. The zero-order valence-corrected chi connectivity index (χ0v) is 20.7. The quantitative estimate of drug-likeness (QED) is 0.289. The molecule has 2 heterocycles. The molecule has 1 saturated carbocycles. The molecule has 0 spiro atoms. The topological polar surface area (TPSA) is 85.8 Å². The lowest BCUT2D eigenvalue weighted by molar-refractivity contribution is 0.532. The van der Waals surface area contributed by atoms with Crippen molar-refractivity contribution >= 4 is 49.5 Å². The second-order valence-corrected chi connectivity index (χ2v) is 10.5. The molecule has 3 N–H and O–H groups in total. The number of nitrogens with one attached hydrogen (secondary N) is 1. The molecule has 6 nitrogen and oxygen atoms in total. The van der Waals surface area contributed by atoms with Crippen molar-refractivity contribution in [1.29, 1.82) is 0 Å². The van der Waals surface area contributed by atoms with Gasteiger partial charge in [-0.15, -0.1) is 0 Å². The summed E-state index contributed by atoms with van der Waals surface area (Å²) in [6, 6.07) is 7.87. The van der Waals surface area contributed by atoms with Crippen LogP contribution in [-0.2, 0) is 11.0 Å². The van der Waals surface area contributed by atoms with Crippen molar-refractivity contribution in [3.63, 3.8) is 0 Å². The third kappa shape index (κ3) is 4.09. The molecule has 0 amide bonds. The molecule has 0 aliphatic heterocycles. The van der Waals surface area contributed by atoms with E-state index in [1.165, 1.54) is 19.2 Å². The van der Waals surface area contributed by atoms with Crippen molar-refractivity contribution in [1.82, 2.24) is 14.5 Å². The number of halogens is 3. The first-order valence-electron chi connectivity index (χ1n) is 10.9. The molecule has 1 fully saturated rings. The molecule has 34 heavy (non-hydrogen) atoms. The van der Waals surface area contributed by atoms with Crippen molar-refractivity contribution in [3.05, 3.63) is 64.5 Å². The predicted octanol–water partition coefficient (Wildman–Crippen LogP) is 6.28. The molecule has 1 aliphatic carbocycles. The number of benzene rings is 2. The van der Waals surface area contributed by atoms with Gasteiger partial charge in [0.2, 0.25) is 0 Å². The van der Waals surface area contributed by atoms with Crippen LogP contribution in [0.3, 0.4) is 0 Å². The number of fused-ring (bicyclic) bond motifs is 1. The maximum atomic E-state index is 14.2. The zero-order valence-electron chi connectivity index (χ0n) is 18.3. The first-order valence-corrected chi connectivity index (χ1v) is 12.8. The minimum atomic E-state index is -1.98. The van der Waals surface area contributed by atoms with Crippen molar-refractivity contribution in [2.45, 2.75) is 43.5 Å². The molecule has 0 saturated heterocycles. The Morgan fingerprint density at radius 2 is 1.91 bits per heavy atom. The Kier molecular flexibility index (Phi) is 6.11. The normalized spacial score (nSPS) is 15.2. The van der Waals surface area contributed by atoms with E-state index in [1.807, 2.05) is 19.1 Å². The number of rotatable bonds is 5. The number of nitrogens with zero attached hydrogens (tertiary/aromatic N) is 3. The lowest BCUT2D eigenvalue weighted by atomic mass is 10.0. The number of nitrogen functional groups attached to an aromatic ring is 1. The first kappa shape index (κ1) is 22.9. The van der Waals surface area contributed by atoms with Gasteiger partial charge in [0.1, 0.15) is 29.4 Å². The van der Waals surface area contributed by atoms with E-state index >= 15 is 0 Å². The van der Waals surface area contributed by atoms with Gasteiger partial charge in [-0.1, -0.05) is 18.9 Å². The first-order chi connectivity index (χ1) is 16.3. The molecule has 2 aromatic carbocycles. The Morgan fingerprint density at radius 1 is 1.15 bits per heavy atom. The molecule has 4 aromatic rings. The number of aryl methyl sites for hydroxylation is 1. The molecule has 1 aliphatic rings. The summed E-state index contributed by atoms with van der Waals surface area (Å²) in [5.41, 5.74) is 10.3. The van der Waals surface area contributed by atoms with E-state index in [4.69, 9.17) is 5.73 Å². The summed E-state index contributed by atoms with van der Waals surface area (Å²) < 4.78 is 45.8. The fourth-order valence-corrected chi connectivity index (χ4v) is 5.84. The van der Waals surface area contributed by atoms with E-state index in [9.17, 15) is 13.0 Å². The second kappa shape index (κ2) is 9.07. The van der Waals surface area contributed by atoms with Crippen molar-refractivity contribution in [3.8, 4) is 11.1 Å². The average molecular weight is 546 g/mol. The zero-order chi connectivity index (χ0) is 24.0. The Labute approximate surface area is 206 Å². The summed E-state index contributed by atoms with van der Waals surface area (Å²) in [7, 11) is -1.98. The van der Waals surface area contributed by atoms with Gasteiger partial charge in [0, 0.05) is 23.5 Å².